The molecule has 1 aliphatic rings. The molecule has 10 heteroatoms. The van der Waals surface area contributed by atoms with Crippen molar-refractivity contribution < 1.29 is 33.6 Å². The third-order valence-corrected chi connectivity index (χ3v) is 6.03. The van der Waals surface area contributed by atoms with Gasteiger partial charge in [0.15, 0.2) is 11.6 Å². The van der Waals surface area contributed by atoms with Crippen LogP contribution < -0.4 is 20.3 Å². The minimum Gasteiger partial charge on any atom is -0.497 e. The van der Waals surface area contributed by atoms with E-state index >= 15 is 0 Å². The van der Waals surface area contributed by atoms with Crippen molar-refractivity contribution in [3.8, 4) is 11.5 Å². The van der Waals surface area contributed by atoms with Gasteiger partial charge >= 0.3 is 5.97 Å². The average Bonchev–Trinajstić information content (AvgIpc) is 3.31. The topological polar surface area (TPSA) is 128 Å². The third kappa shape index (κ3) is 8.19. The van der Waals surface area contributed by atoms with E-state index in [4.69, 9.17) is 29.0 Å². The molecule has 0 saturated carbocycles. The van der Waals surface area contributed by atoms with Crippen molar-refractivity contribution in [1.29, 1.82) is 0 Å². The maximum Gasteiger partial charge on any atom is 0.306 e. The molecule has 0 bridgehead atoms. The van der Waals surface area contributed by atoms with Crippen LogP contribution in [0, 0.1) is 0 Å². The molecule has 0 fully saturated rings. The number of aliphatic hydroxyl groups is 1. The van der Waals surface area contributed by atoms with E-state index in [1.54, 1.807) is 64.3 Å². The summed E-state index contributed by atoms with van der Waals surface area (Å²) < 4.78 is 23.0. The van der Waals surface area contributed by atoms with Crippen molar-refractivity contribution in [2.75, 3.05) is 20.3 Å². The summed E-state index contributed by atoms with van der Waals surface area (Å²) in [6.07, 6.45) is -0.333. The van der Waals surface area contributed by atoms with Crippen molar-refractivity contribution in [3.63, 3.8) is 0 Å². The van der Waals surface area contributed by atoms with E-state index in [-0.39, 0.29) is 31.4 Å². The lowest BCUT2D eigenvalue weighted by Crippen LogP contribution is -2.54. The second-order valence-electron chi connectivity index (χ2n) is 10.9. The summed E-state index contributed by atoms with van der Waals surface area (Å²) in [5, 5.41) is 8.99. The van der Waals surface area contributed by atoms with E-state index in [1.165, 1.54) is 0 Å². The Labute approximate surface area is 236 Å². The van der Waals surface area contributed by atoms with Crippen molar-refractivity contribution in [2.24, 2.45) is 4.99 Å². The van der Waals surface area contributed by atoms with Crippen LogP contribution in [0.25, 0.3) is 0 Å². The number of hydrazine groups is 1. The fourth-order valence-electron chi connectivity index (χ4n) is 4.18. The van der Waals surface area contributed by atoms with Gasteiger partial charge < -0.3 is 24.1 Å². The number of ether oxygens (including phenoxy) is 4. The molecule has 0 saturated heterocycles. The van der Waals surface area contributed by atoms with Crippen LogP contribution in [-0.4, -0.2) is 60.4 Å². The number of aliphatic imine (C=N–C) groups is 1. The molecular weight excluding hydrogens is 514 g/mol. The lowest BCUT2D eigenvalue weighted by atomic mass is 9.83. The Morgan fingerprint density at radius 3 is 2.48 bits per heavy atom. The molecule has 3 N–H and O–H groups in total. The smallest absolute Gasteiger partial charge is 0.306 e. The molecule has 1 heterocycles. The number of aliphatic hydroxyl groups excluding tert-OH is 1. The summed E-state index contributed by atoms with van der Waals surface area (Å²) in [7, 11) is 1.57. The number of nitrogens with zero attached hydrogens (tertiary/aromatic N) is 1. The average molecular weight is 556 g/mol. The second-order valence-corrected chi connectivity index (χ2v) is 10.9. The van der Waals surface area contributed by atoms with Gasteiger partial charge in [-0.1, -0.05) is 12.1 Å². The van der Waals surface area contributed by atoms with Crippen molar-refractivity contribution >= 4 is 17.8 Å². The quantitative estimate of drug-likeness (QED) is 0.193. The Kier molecular flexibility index (Phi) is 10.5. The minimum absolute atomic E-state index is 0.0359. The van der Waals surface area contributed by atoms with Crippen LogP contribution >= 0.6 is 0 Å². The first kappa shape index (κ1) is 30.9. The van der Waals surface area contributed by atoms with Crippen molar-refractivity contribution in [3.05, 3.63) is 59.7 Å². The van der Waals surface area contributed by atoms with E-state index in [2.05, 4.69) is 10.9 Å². The van der Waals surface area contributed by atoms with Gasteiger partial charge in [0.05, 0.1) is 13.7 Å². The maximum atomic E-state index is 13.9. The van der Waals surface area contributed by atoms with Crippen LogP contribution in [0.4, 0.5) is 0 Å². The van der Waals surface area contributed by atoms with Crippen LogP contribution in [-0.2, 0) is 19.1 Å². The summed E-state index contributed by atoms with van der Waals surface area (Å²) in [5.41, 5.74) is 4.89. The van der Waals surface area contributed by atoms with E-state index < -0.39 is 29.1 Å². The zero-order chi connectivity index (χ0) is 29.3. The number of amides is 1. The summed E-state index contributed by atoms with van der Waals surface area (Å²) in [4.78, 5) is 31.6. The van der Waals surface area contributed by atoms with E-state index in [9.17, 15) is 9.59 Å². The molecule has 0 aromatic heterocycles. The first-order valence-corrected chi connectivity index (χ1v) is 13.5. The van der Waals surface area contributed by atoms with Gasteiger partial charge in [-0.3, -0.25) is 15.0 Å². The molecule has 1 amide bonds. The molecule has 2 atom stereocenters. The maximum absolute atomic E-state index is 13.9. The third-order valence-electron chi connectivity index (χ3n) is 6.03. The van der Waals surface area contributed by atoms with Gasteiger partial charge in [-0.2, -0.15) is 0 Å². The highest BCUT2D eigenvalue weighted by Crippen LogP contribution is 2.44. The molecule has 2 aromatic carbocycles. The lowest BCUT2D eigenvalue weighted by Gasteiger charge is -2.31. The Balaban J connectivity index is 2.04. The van der Waals surface area contributed by atoms with Gasteiger partial charge in [0.1, 0.15) is 17.1 Å². The summed E-state index contributed by atoms with van der Waals surface area (Å²) in [6, 6.07) is 14.4. The molecule has 218 valence electrons. The van der Waals surface area contributed by atoms with Gasteiger partial charge in [-0.05, 0) is 83.0 Å². The number of rotatable bonds is 13. The summed E-state index contributed by atoms with van der Waals surface area (Å²) in [6.45, 7) is 9.63. The molecule has 1 aliphatic heterocycles. The summed E-state index contributed by atoms with van der Waals surface area (Å²) in [5.74, 6) is 0.625. The Morgan fingerprint density at radius 1 is 1.12 bits per heavy atom. The molecular formula is C30H41N3O7. The molecule has 40 heavy (non-hydrogen) atoms. The van der Waals surface area contributed by atoms with Crippen LogP contribution in [0.15, 0.2) is 53.5 Å². The van der Waals surface area contributed by atoms with E-state index in [0.717, 1.165) is 0 Å². The van der Waals surface area contributed by atoms with Crippen molar-refractivity contribution in [2.45, 2.75) is 77.2 Å². The van der Waals surface area contributed by atoms with Crippen LogP contribution in [0.1, 0.15) is 71.1 Å². The molecule has 0 aliphatic carbocycles. The monoisotopic (exact) mass is 555 g/mol. The van der Waals surface area contributed by atoms with Crippen molar-refractivity contribution in [1.82, 2.24) is 10.9 Å². The Hall–Kier alpha value is -3.63. The minimum atomic E-state index is -1.49. The molecule has 3 rings (SSSR count). The molecule has 0 unspecified atom stereocenters. The standard InChI is InChI=1S/C30H41N3O7/c1-20(2)32-33-28(36)30(16-15-25(35)40-29(3,4)5)26(22-9-7-10-24(19-22)37-6)39-27(31-30)21-11-13-23(14-12-21)38-18-8-17-34/h7,9-14,19-20,26,32,34H,8,15-18H2,1-6H3,(H,33,36)/t26-,30-/m0/s1. The number of carbonyl (C=O) groups excluding carboxylic acids is 2. The Morgan fingerprint density at radius 2 is 1.85 bits per heavy atom. The van der Waals surface area contributed by atoms with Crippen LogP contribution in [0.3, 0.4) is 0 Å². The largest absolute Gasteiger partial charge is 0.497 e. The predicted molar refractivity (Wildman–Crippen MR) is 151 cm³/mol. The molecule has 2 aromatic rings. The number of hydrogen-bond acceptors (Lipinski definition) is 9. The second kappa shape index (κ2) is 13.6. The fourth-order valence-corrected chi connectivity index (χ4v) is 4.18. The highest BCUT2D eigenvalue weighted by Gasteiger charge is 2.53. The number of benzene rings is 2. The zero-order valence-electron chi connectivity index (χ0n) is 24.2. The molecule has 0 radical (unpaired) electrons. The van der Waals surface area contributed by atoms with Gasteiger partial charge in [-0.15, -0.1) is 0 Å². The van der Waals surface area contributed by atoms with Gasteiger partial charge in [0.2, 0.25) is 5.90 Å². The van der Waals surface area contributed by atoms with Crippen LogP contribution in [0.2, 0.25) is 0 Å². The first-order chi connectivity index (χ1) is 19.0. The summed E-state index contributed by atoms with van der Waals surface area (Å²) >= 11 is 0. The lowest BCUT2D eigenvalue weighted by molar-refractivity contribution is -0.155. The van der Waals surface area contributed by atoms with E-state index in [1.807, 2.05) is 26.0 Å². The predicted octanol–water partition coefficient (Wildman–Crippen LogP) is 3.86. The molecule has 0 spiro atoms. The van der Waals surface area contributed by atoms with Gasteiger partial charge in [-0.25, -0.2) is 10.4 Å². The number of carbonyl (C=O) groups is 2. The van der Waals surface area contributed by atoms with E-state index in [0.29, 0.717) is 35.7 Å². The van der Waals surface area contributed by atoms with Gasteiger partial charge in [0.25, 0.3) is 5.91 Å². The molecule has 10 nitrogen and oxygen atoms in total. The normalized spacial score (nSPS) is 18.6. The highest BCUT2D eigenvalue weighted by atomic mass is 16.6. The first-order valence-electron chi connectivity index (χ1n) is 13.5. The Bertz CT molecular complexity index is 1170. The fraction of sp³-hybridized carbons (Fsp3) is 0.500. The SMILES string of the molecule is COc1cccc([C@@H]2OC(c3ccc(OCCCO)cc3)=N[C@]2(CCC(=O)OC(C)(C)C)C(=O)NNC(C)C)c1. The zero-order valence-corrected chi connectivity index (χ0v) is 24.2. The number of nitrogens with one attached hydrogen (secondary N) is 2. The van der Waals surface area contributed by atoms with Gasteiger partial charge in [0, 0.05) is 31.1 Å². The number of methoxy groups -OCH3 is 1. The van der Waals surface area contributed by atoms with Crippen LogP contribution in [0.5, 0.6) is 11.5 Å². The number of hydrogen-bond donors (Lipinski definition) is 3. The number of esters is 1. The highest BCUT2D eigenvalue weighted by molar-refractivity contribution is 6.01.